The van der Waals surface area contributed by atoms with Crippen LogP contribution in [0.5, 0.6) is 0 Å². The third-order valence-electron chi connectivity index (χ3n) is 5.66. The Kier molecular flexibility index (Phi) is 6.89. The first-order valence-corrected chi connectivity index (χ1v) is 11.9. The average Bonchev–Trinajstić information content (AvgIpc) is 3.25. The molecule has 0 saturated heterocycles. The molecule has 7 heteroatoms. The minimum absolute atomic E-state index is 0.0657. The zero-order valence-electron chi connectivity index (χ0n) is 19.3. The van der Waals surface area contributed by atoms with Gasteiger partial charge in [0.15, 0.2) is 11.0 Å². The Balaban J connectivity index is 1.62. The first kappa shape index (κ1) is 22.7. The molecule has 0 fully saturated rings. The van der Waals surface area contributed by atoms with E-state index in [9.17, 15) is 4.79 Å². The fourth-order valence-corrected chi connectivity index (χ4v) is 4.41. The summed E-state index contributed by atoms with van der Waals surface area (Å²) in [5, 5.41) is 12.6. The molecule has 1 N–H and O–H groups in total. The number of rotatable bonds is 7. The molecular weight excluding hydrogens is 430 g/mol. The molecule has 0 atom stereocenters. The number of aromatic nitrogens is 4. The second kappa shape index (κ2) is 10.0. The highest BCUT2D eigenvalue weighted by Crippen LogP contribution is 2.29. The van der Waals surface area contributed by atoms with E-state index < -0.39 is 0 Å². The maximum Gasteiger partial charge on any atom is 0.234 e. The molecule has 33 heavy (non-hydrogen) atoms. The van der Waals surface area contributed by atoms with E-state index >= 15 is 0 Å². The van der Waals surface area contributed by atoms with Gasteiger partial charge in [0.2, 0.25) is 5.91 Å². The molecule has 2 aromatic heterocycles. The molecule has 1 amide bonds. The van der Waals surface area contributed by atoms with Crippen molar-refractivity contribution >= 4 is 23.4 Å². The smallest absolute Gasteiger partial charge is 0.234 e. The second-order valence-corrected chi connectivity index (χ2v) is 8.89. The first-order chi connectivity index (χ1) is 16.0. The molecule has 0 unspecified atom stereocenters. The standard InChI is InChI=1S/C26H27N5OS/c1-5-20-8-6-7-18(3)24(20)28-23(32)16-33-26-30-29-25(21-11-13-27-14-12-21)31(26)22-10-9-17(2)19(4)15-22/h6-15H,5,16H2,1-4H3,(H,28,32). The summed E-state index contributed by atoms with van der Waals surface area (Å²) in [6.45, 7) is 8.28. The van der Waals surface area contributed by atoms with Gasteiger partial charge in [0, 0.05) is 23.6 Å². The summed E-state index contributed by atoms with van der Waals surface area (Å²) in [7, 11) is 0. The molecule has 0 aliphatic carbocycles. The number of amides is 1. The highest BCUT2D eigenvalue weighted by atomic mass is 32.2. The molecule has 0 spiro atoms. The lowest BCUT2D eigenvalue weighted by molar-refractivity contribution is -0.113. The van der Waals surface area contributed by atoms with Crippen molar-refractivity contribution in [3.63, 3.8) is 0 Å². The SMILES string of the molecule is CCc1cccc(C)c1NC(=O)CSc1nnc(-c2ccncc2)n1-c1ccc(C)c(C)c1. The van der Waals surface area contributed by atoms with Crippen molar-refractivity contribution in [3.8, 4) is 17.1 Å². The number of carbonyl (C=O) groups excluding carboxylic acids is 1. The van der Waals surface area contributed by atoms with E-state index in [2.05, 4.69) is 59.5 Å². The lowest BCUT2D eigenvalue weighted by atomic mass is 10.1. The van der Waals surface area contributed by atoms with Gasteiger partial charge in [-0.05, 0) is 73.7 Å². The molecule has 2 heterocycles. The van der Waals surface area contributed by atoms with E-state index in [4.69, 9.17) is 0 Å². The number of benzene rings is 2. The molecular formula is C26H27N5OS. The van der Waals surface area contributed by atoms with E-state index in [1.165, 1.54) is 22.9 Å². The molecule has 0 radical (unpaired) electrons. The molecule has 4 aromatic rings. The van der Waals surface area contributed by atoms with Gasteiger partial charge in [0.05, 0.1) is 11.4 Å². The van der Waals surface area contributed by atoms with Gasteiger partial charge in [-0.25, -0.2) is 0 Å². The minimum atomic E-state index is -0.0657. The summed E-state index contributed by atoms with van der Waals surface area (Å²) in [4.78, 5) is 16.9. The van der Waals surface area contributed by atoms with Crippen LogP contribution in [-0.2, 0) is 11.2 Å². The summed E-state index contributed by atoms with van der Waals surface area (Å²) >= 11 is 1.38. The Labute approximate surface area is 198 Å². The number of nitrogens with one attached hydrogen (secondary N) is 1. The second-order valence-electron chi connectivity index (χ2n) is 7.95. The number of para-hydroxylation sites is 1. The van der Waals surface area contributed by atoms with Gasteiger partial charge >= 0.3 is 0 Å². The van der Waals surface area contributed by atoms with Crippen LogP contribution in [0, 0.1) is 20.8 Å². The van der Waals surface area contributed by atoms with Crippen molar-refractivity contribution in [3.05, 3.63) is 83.2 Å². The zero-order chi connectivity index (χ0) is 23.4. The Morgan fingerprint density at radius 3 is 2.48 bits per heavy atom. The molecule has 0 aliphatic rings. The summed E-state index contributed by atoms with van der Waals surface area (Å²) < 4.78 is 2.00. The fourth-order valence-electron chi connectivity index (χ4n) is 3.66. The zero-order valence-corrected chi connectivity index (χ0v) is 20.1. The molecule has 0 saturated carbocycles. The van der Waals surface area contributed by atoms with Gasteiger partial charge < -0.3 is 5.32 Å². The van der Waals surface area contributed by atoms with Crippen LogP contribution in [0.1, 0.15) is 29.2 Å². The number of hydrogen-bond donors (Lipinski definition) is 1. The van der Waals surface area contributed by atoms with E-state index in [-0.39, 0.29) is 11.7 Å². The largest absolute Gasteiger partial charge is 0.325 e. The summed E-state index contributed by atoms with van der Waals surface area (Å²) in [5.41, 5.74) is 7.37. The van der Waals surface area contributed by atoms with Gasteiger partial charge in [-0.2, -0.15) is 0 Å². The maximum atomic E-state index is 12.8. The van der Waals surface area contributed by atoms with E-state index in [1.807, 2.05) is 41.8 Å². The average molecular weight is 458 g/mol. The van der Waals surface area contributed by atoms with Crippen LogP contribution in [0.4, 0.5) is 5.69 Å². The van der Waals surface area contributed by atoms with Gasteiger partial charge in [-0.3, -0.25) is 14.3 Å². The van der Waals surface area contributed by atoms with Crippen LogP contribution >= 0.6 is 11.8 Å². The number of pyridine rings is 1. The molecule has 4 rings (SSSR count). The lowest BCUT2D eigenvalue weighted by Crippen LogP contribution is -2.16. The molecule has 0 aliphatic heterocycles. The predicted octanol–water partition coefficient (Wildman–Crippen LogP) is 5.55. The van der Waals surface area contributed by atoms with Crippen molar-refractivity contribution in [2.45, 2.75) is 39.3 Å². The van der Waals surface area contributed by atoms with E-state index in [0.29, 0.717) is 5.16 Å². The minimum Gasteiger partial charge on any atom is -0.325 e. The first-order valence-electron chi connectivity index (χ1n) is 10.9. The van der Waals surface area contributed by atoms with Crippen molar-refractivity contribution in [1.29, 1.82) is 0 Å². The summed E-state index contributed by atoms with van der Waals surface area (Å²) in [6.07, 6.45) is 4.34. The van der Waals surface area contributed by atoms with Crippen molar-refractivity contribution < 1.29 is 4.79 Å². The number of carbonyl (C=O) groups is 1. The highest BCUT2D eigenvalue weighted by Gasteiger charge is 2.18. The fraction of sp³-hybridized carbons (Fsp3) is 0.231. The summed E-state index contributed by atoms with van der Waals surface area (Å²) in [6, 6.07) is 16.2. The number of thioether (sulfide) groups is 1. The van der Waals surface area contributed by atoms with Crippen LogP contribution in [0.15, 0.2) is 66.1 Å². The monoisotopic (exact) mass is 457 g/mol. The predicted molar refractivity (Wildman–Crippen MR) is 134 cm³/mol. The third kappa shape index (κ3) is 4.98. The Morgan fingerprint density at radius 2 is 1.76 bits per heavy atom. The van der Waals surface area contributed by atoms with Gasteiger partial charge in [0.1, 0.15) is 0 Å². The number of aryl methyl sites for hydroxylation is 4. The molecule has 2 aromatic carbocycles. The number of nitrogens with zero attached hydrogens (tertiary/aromatic N) is 4. The maximum absolute atomic E-state index is 12.8. The van der Waals surface area contributed by atoms with Crippen molar-refractivity contribution in [2.75, 3.05) is 11.1 Å². The highest BCUT2D eigenvalue weighted by molar-refractivity contribution is 7.99. The Hall–Kier alpha value is -3.45. The van der Waals surface area contributed by atoms with Gasteiger partial charge in [-0.1, -0.05) is 43.0 Å². The van der Waals surface area contributed by atoms with Crippen LogP contribution < -0.4 is 5.32 Å². The number of hydrogen-bond acceptors (Lipinski definition) is 5. The van der Waals surface area contributed by atoms with Gasteiger partial charge in [-0.15, -0.1) is 10.2 Å². The van der Waals surface area contributed by atoms with E-state index in [0.717, 1.165) is 40.3 Å². The summed E-state index contributed by atoms with van der Waals surface area (Å²) in [5.74, 6) is 0.886. The lowest BCUT2D eigenvalue weighted by Gasteiger charge is -2.14. The van der Waals surface area contributed by atoms with Crippen LogP contribution in [0.3, 0.4) is 0 Å². The van der Waals surface area contributed by atoms with Crippen molar-refractivity contribution in [2.24, 2.45) is 0 Å². The molecule has 0 bridgehead atoms. The van der Waals surface area contributed by atoms with Crippen molar-refractivity contribution in [1.82, 2.24) is 19.7 Å². The third-order valence-corrected chi connectivity index (χ3v) is 6.59. The number of anilines is 1. The van der Waals surface area contributed by atoms with Crippen LogP contribution in [0.25, 0.3) is 17.1 Å². The van der Waals surface area contributed by atoms with Gasteiger partial charge in [0.25, 0.3) is 0 Å². The Morgan fingerprint density at radius 1 is 0.970 bits per heavy atom. The Bertz CT molecular complexity index is 1280. The van der Waals surface area contributed by atoms with Crippen LogP contribution in [0.2, 0.25) is 0 Å². The molecule has 168 valence electrons. The topological polar surface area (TPSA) is 72.7 Å². The van der Waals surface area contributed by atoms with Crippen LogP contribution in [-0.4, -0.2) is 31.4 Å². The quantitative estimate of drug-likeness (QED) is 0.369. The van der Waals surface area contributed by atoms with E-state index in [1.54, 1.807) is 12.4 Å². The normalized spacial score (nSPS) is 10.9. The molecule has 6 nitrogen and oxygen atoms in total.